The van der Waals surface area contributed by atoms with Gasteiger partial charge in [-0.1, -0.05) is 31.0 Å². The molecule has 0 aromatic carbocycles. The zero-order valence-electron chi connectivity index (χ0n) is 8.96. The number of carboxylic acids is 1. The van der Waals surface area contributed by atoms with Gasteiger partial charge in [-0.2, -0.15) is 0 Å². The maximum Gasteiger partial charge on any atom is 0.307 e. The van der Waals surface area contributed by atoms with Gasteiger partial charge in [-0.3, -0.25) is 4.79 Å². The molecule has 1 saturated carbocycles. The van der Waals surface area contributed by atoms with Gasteiger partial charge < -0.3 is 9.52 Å². The average molecular weight is 241 g/mol. The molecule has 88 valence electrons. The molecular formula is C11H15NO3S. The minimum Gasteiger partial charge on any atom is -0.481 e. The van der Waals surface area contributed by atoms with E-state index in [0.717, 1.165) is 32.1 Å². The minimum absolute atomic E-state index is 0.0960. The van der Waals surface area contributed by atoms with Crippen molar-refractivity contribution in [2.45, 2.75) is 42.6 Å². The minimum atomic E-state index is -0.689. The van der Waals surface area contributed by atoms with Gasteiger partial charge in [0.25, 0.3) is 5.22 Å². The fraction of sp³-hybridized carbons (Fsp3) is 0.636. The van der Waals surface area contributed by atoms with Crippen molar-refractivity contribution in [1.82, 2.24) is 4.98 Å². The Morgan fingerprint density at radius 3 is 2.94 bits per heavy atom. The first-order valence-corrected chi connectivity index (χ1v) is 6.44. The summed E-state index contributed by atoms with van der Waals surface area (Å²) in [7, 11) is 0. The molecule has 1 aliphatic carbocycles. The largest absolute Gasteiger partial charge is 0.481 e. The summed E-state index contributed by atoms with van der Waals surface area (Å²) in [5, 5.41) is 9.88. The van der Waals surface area contributed by atoms with E-state index in [1.54, 1.807) is 6.20 Å². The highest BCUT2D eigenvalue weighted by atomic mass is 32.2. The van der Waals surface area contributed by atoms with E-state index in [4.69, 9.17) is 4.42 Å². The fourth-order valence-electron chi connectivity index (χ4n) is 2.10. The lowest BCUT2D eigenvalue weighted by molar-refractivity contribution is -0.141. The van der Waals surface area contributed by atoms with Gasteiger partial charge in [-0.25, -0.2) is 4.98 Å². The Hall–Kier alpha value is -0.970. The van der Waals surface area contributed by atoms with Crippen LogP contribution in [0.3, 0.4) is 0 Å². The van der Waals surface area contributed by atoms with Gasteiger partial charge >= 0.3 is 5.97 Å². The molecule has 2 unspecified atom stereocenters. The Bertz CT molecular complexity index is 339. The van der Waals surface area contributed by atoms with E-state index in [-0.39, 0.29) is 11.2 Å². The summed E-state index contributed by atoms with van der Waals surface area (Å²) in [6, 6.07) is 0. The predicted molar refractivity (Wildman–Crippen MR) is 60.4 cm³/mol. The molecule has 0 amide bonds. The number of hydrogen-bond donors (Lipinski definition) is 1. The van der Waals surface area contributed by atoms with E-state index >= 15 is 0 Å². The lowest BCUT2D eigenvalue weighted by Crippen LogP contribution is -2.24. The summed E-state index contributed by atoms with van der Waals surface area (Å²) in [6.07, 6.45) is 8.07. The smallest absolute Gasteiger partial charge is 0.307 e. The van der Waals surface area contributed by atoms with Crippen LogP contribution in [-0.4, -0.2) is 21.3 Å². The fourth-order valence-corrected chi connectivity index (χ4v) is 3.29. The molecule has 0 bridgehead atoms. The van der Waals surface area contributed by atoms with Crippen molar-refractivity contribution in [1.29, 1.82) is 0 Å². The van der Waals surface area contributed by atoms with Crippen LogP contribution in [0.4, 0.5) is 0 Å². The van der Waals surface area contributed by atoms with Crippen LogP contribution in [0.15, 0.2) is 22.1 Å². The molecule has 1 aromatic heterocycles. The second kappa shape index (κ2) is 5.39. The molecule has 0 radical (unpaired) electrons. The quantitative estimate of drug-likeness (QED) is 0.824. The van der Waals surface area contributed by atoms with Crippen molar-refractivity contribution >= 4 is 17.7 Å². The first kappa shape index (κ1) is 11.5. The highest BCUT2D eigenvalue weighted by molar-refractivity contribution is 7.99. The van der Waals surface area contributed by atoms with Gasteiger partial charge in [0, 0.05) is 5.25 Å². The molecule has 1 N–H and O–H groups in total. The summed E-state index contributed by atoms with van der Waals surface area (Å²) in [4.78, 5) is 15.2. The number of thioether (sulfide) groups is 1. The van der Waals surface area contributed by atoms with E-state index in [2.05, 4.69) is 4.98 Å². The molecule has 1 aliphatic rings. The van der Waals surface area contributed by atoms with Gasteiger partial charge in [0.2, 0.25) is 0 Å². The molecule has 16 heavy (non-hydrogen) atoms. The monoisotopic (exact) mass is 241 g/mol. The summed E-state index contributed by atoms with van der Waals surface area (Å²) >= 11 is 1.46. The van der Waals surface area contributed by atoms with E-state index in [1.807, 2.05) is 0 Å². The van der Waals surface area contributed by atoms with Crippen molar-refractivity contribution < 1.29 is 14.3 Å². The third-order valence-corrected chi connectivity index (χ3v) is 4.20. The molecule has 0 spiro atoms. The molecule has 1 aromatic rings. The number of rotatable bonds is 3. The number of carboxylic acid groups (broad SMARTS) is 1. The highest BCUT2D eigenvalue weighted by Gasteiger charge is 2.31. The SMILES string of the molecule is O=C(O)C1CCCCCC1Sc1ncco1. The first-order chi connectivity index (χ1) is 7.77. The Kier molecular flexibility index (Phi) is 3.88. The second-order valence-electron chi connectivity index (χ2n) is 4.04. The van der Waals surface area contributed by atoms with Crippen molar-refractivity contribution in [3.05, 3.63) is 12.5 Å². The van der Waals surface area contributed by atoms with Crippen LogP contribution in [0.25, 0.3) is 0 Å². The van der Waals surface area contributed by atoms with Crippen LogP contribution < -0.4 is 0 Å². The van der Waals surface area contributed by atoms with Crippen molar-refractivity contribution in [3.8, 4) is 0 Å². The van der Waals surface area contributed by atoms with E-state index in [0.29, 0.717) is 5.22 Å². The third kappa shape index (κ3) is 2.78. The first-order valence-electron chi connectivity index (χ1n) is 5.56. The van der Waals surface area contributed by atoms with Crippen LogP contribution in [-0.2, 0) is 4.79 Å². The molecule has 0 saturated heterocycles. The average Bonchev–Trinajstić information content (AvgIpc) is 2.63. The van der Waals surface area contributed by atoms with Crippen LogP contribution in [0.5, 0.6) is 0 Å². The number of hydrogen-bond acceptors (Lipinski definition) is 4. The van der Waals surface area contributed by atoms with Crippen molar-refractivity contribution in [3.63, 3.8) is 0 Å². The number of carbonyl (C=O) groups is 1. The van der Waals surface area contributed by atoms with Crippen molar-refractivity contribution in [2.24, 2.45) is 5.92 Å². The maximum absolute atomic E-state index is 11.2. The standard InChI is InChI=1S/C11H15NO3S/c13-10(14)8-4-2-1-3-5-9(8)16-11-12-6-7-15-11/h6-9H,1-5H2,(H,13,14). The van der Waals surface area contributed by atoms with E-state index in [1.165, 1.54) is 18.0 Å². The van der Waals surface area contributed by atoms with Crippen molar-refractivity contribution in [2.75, 3.05) is 0 Å². The third-order valence-electron chi connectivity index (χ3n) is 2.93. The second-order valence-corrected chi connectivity index (χ2v) is 5.23. The molecule has 0 aliphatic heterocycles. The van der Waals surface area contributed by atoms with Gasteiger partial charge in [0.15, 0.2) is 0 Å². The molecule has 2 rings (SSSR count). The normalized spacial score (nSPS) is 26.2. The van der Waals surface area contributed by atoms with Crippen LogP contribution in [0, 0.1) is 5.92 Å². The molecule has 1 fully saturated rings. The highest BCUT2D eigenvalue weighted by Crippen LogP contribution is 2.35. The van der Waals surface area contributed by atoms with Crippen LogP contribution in [0.2, 0.25) is 0 Å². The molecule has 4 nitrogen and oxygen atoms in total. The summed E-state index contributed by atoms with van der Waals surface area (Å²) < 4.78 is 5.16. The number of aromatic nitrogens is 1. The predicted octanol–water partition coefficient (Wildman–Crippen LogP) is 2.80. The molecular weight excluding hydrogens is 226 g/mol. The molecule has 1 heterocycles. The Morgan fingerprint density at radius 2 is 2.25 bits per heavy atom. The van der Waals surface area contributed by atoms with Gasteiger partial charge in [-0.15, -0.1) is 0 Å². The lowest BCUT2D eigenvalue weighted by atomic mass is 10.0. The maximum atomic E-state index is 11.2. The molecule has 5 heteroatoms. The summed E-state index contributed by atoms with van der Waals surface area (Å²) in [5.74, 6) is -0.953. The number of oxazole rings is 1. The zero-order valence-corrected chi connectivity index (χ0v) is 9.78. The molecule has 2 atom stereocenters. The lowest BCUT2D eigenvalue weighted by Gasteiger charge is -2.18. The topological polar surface area (TPSA) is 63.3 Å². The van der Waals surface area contributed by atoms with Gasteiger partial charge in [0.1, 0.15) is 6.26 Å². The number of nitrogens with zero attached hydrogens (tertiary/aromatic N) is 1. The zero-order chi connectivity index (χ0) is 11.4. The van der Waals surface area contributed by atoms with Crippen LogP contribution in [0.1, 0.15) is 32.1 Å². The summed E-state index contributed by atoms with van der Waals surface area (Å²) in [5.41, 5.74) is 0. The number of aliphatic carboxylic acids is 1. The van der Waals surface area contributed by atoms with Gasteiger partial charge in [-0.05, 0) is 12.8 Å². The van der Waals surface area contributed by atoms with E-state index in [9.17, 15) is 9.90 Å². The van der Waals surface area contributed by atoms with E-state index < -0.39 is 5.97 Å². The van der Waals surface area contributed by atoms with Crippen LogP contribution >= 0.6 is 11.8 Å². The van der Waals surface area contributed by atoms with Gasteiger partial charge in [0.05, 0.1) is 12.1 Å². The summed E-state index contributed by atoms with van der Waals surface area (Å²) in [6.45, 7) is 0. The Labute approximate surface area is 98.4 Å². The Balaban J connectivity index is 2.05. The Morgan fingerprint density at radius 1 is 1.44 bits per heavy atom.